The highest BCUT2D eigenvalue weighted by molar-refractivity contribution is 5.85. The molecule has 0 saturated carbocycles. The number of halogens is 2. The number of benzene rings is 1. The van der Waals surface area contributed by atoms with Gasteiger partial charge in [-0.3, -0.25) is 4.90 Å². The number of ether oxygens (including phenoxy) is 3. The second kappa shape index (κ2) is 11.9. The summed E-state index contributed by atoms with van der Waals surface area (Å²) >= 11 is 0. The Kier molecular flexibility index (Phi) is 10.7. The van der Waals surface area contributed by atoms with Crippen LogP contribution in [0.3, 0.4) is 0 Å². The third-order valence-corrected chi connectivity index (χ3v) is 5.09. The molecule has 0 aliphatic carbocycles. The quantitative estimate of drug-likeness (QED) is 0.784. The van der Waals surface area contributed by atoms with Gasteiger partial charge in [-0.2, -0.15) is 0 Å². The topological polar surface area (TPSA) is 43.0 Å². The Hall–Kier alpha value is -0.720. The molecule has 2 aliphatic rings. The predicted molar refractivity (Wildman–Crippen MR) is 109 cm³/mol. The fraction of sp³-hybridized carbons (Fsp3) is 0.684. The van der Waals surface area contributed by atoms with Crippen LogP contribution in [0, 0.1) is 5.92 Å². The Morgan fingerprint density at radius 3 is 2.46 bits per heavy atom. The molecule has 0 aromatic heterocycles. The lowest BCUT2D eigenvalue weighted by molar-refractivity contribution is 0.0212. The second-order valence-corrected chi connectivity index (χ2v) is 6.52. The average Bonchev–Trinajstić information content (AvgIpc) is 2.64. The smallest absolute Gasteiger partial charge is 0.161 e. The minimum Gasteiger partial charge on any atom is -0.493 e. The van der Waals surface area contributed by atoms with Crippen molar-refractivity contribution in [1.82, 2.24) is 10.2 Å². The molecular weight excluding hydrogens is 375 g/mol. The van der Waals surface area contributed by atoms with E-state index in [4.69, 9.17) is 14.2 Å². The van der Waals surface area contributed by atoms with Crippen LogP contribution in [0.4, 0.5) is 0 Å². The normalized spacial score (nSPS) is 19.8. The van der Waals surface area contributed by atoms with Gasteiger partial charge in [0.2, 0.25) is 0 Å². The SMILES string of the molecule is CCOc1cc([C@H](C2CCOCC2)N2CCNCC2)ccc1OC.Cl.Cl. The van der Waals surface area contributed by atoms with Crippen LogP contribution < -0.4 is 14.8 Å². The number of nitrogens with one attached hydrogen (secondary N) is 1. The first-order valence-corrected chi connectivity index (χ1v) is 9.16. The van der Waals surface area contributed by atoms with E-state index in [1.165, 1.54) is 5.56 Å². The van der Waals surface area contributed by atoms with Gasteiger partial charge in [0, 0.05) is 45.4 Å². The van der Waals surface area contributed by atoms with E-state index >= 15 is 0 Å². The van der Waals surface area contributed by atoms with Crippen molar-refractivity contribution in [2.24, 2.45) is 5.92 Å². The monoisotopic (exact) mass is 406 g/mol. The molecule has 0 unspecified atom stereocenters. The number of methoxy groups -OCH3 is 1. The van der Waals surface area contributed by atoms with Crippen molar-refractivity contribution in [2.45, 2.75) is 25.8 Å². The molecule has 3 rings (SSSR count). The summed E-state index contributed by atoms with van der Waals surface area (Å²) < 4.78 is 16.9. The van der Waals surface area contributed by atoms with Gasteiger partial charge in [0.05, 0.1) is 13.7 Å². The number of nitrogens with zero attached hydrogens (tertiary/aromatic N) is 1. The zero-order valence-electron chi connectivity index (χ0n) is 15.7. The Morgan fingerprint density at radius 2 is 1.85 bits per heavy atom. The molecule has 0 amide bonds. The largest absolute Gasteiger partial charge is 0.493 e. The van der Waals surface area contributed by atoms with E-state index in [1.54, 1.807) is 7.11 Å². The lowest BCUT2D eigenvalue weighted by Gasteiger charge is -2.41. The molecule has 2 fully saturated rings. The summed E-state index contributed by atoms with van der Waals surface area (Å²) in [5.74, 6) is 2.30. The maximum absolute atomic E-state index is 5.81. The zero-order chi connectivity index (χ0) is 16.8. The van der Waals surface area contributed by atoms with Crippen molar-refractivity contribution in [2.75, 3.05) is 53.1 Å². The minimum atomic E-state index is 0. The molecule has 26 heavy (non-hydrogen) atoms. The summed E-state index contributed by atoms with van der Waals surface area (Å²) in [5, 5.41) is 3.46. The lowest BCUT2D eigenvalue weighted by Crippen LogP contribution is -2.47. The molecular formula is C19H32Cl2N2O3. The van der Waals surface area contributed by atoms with E-state index in [9.17, 15) is 0 Å². The molecule has 1 N–H and O–H groups in total. The average molecular weight is 407 g/mol. The molecule has 2 saturated heterocycles. The van der Waals surface area contributed by atoms with Crippen LogP contribution in [0.1, 0.15) is 31.4 Å². The molecule has 0 bridgehead atoms. The van der Waals surface area contributed by atoms with Gasteiger partial charge in [-0.1, -0.05) is 6.07 Å². The summed E-state index contributed by atoms with van der Waals surface area (Å²) in [6, 6.07) is 6.88. The van der Waals surface area contributed by atoms with E-state index < -0.39 is 0 Å². The third kappa shape index (κ3) is 5.64. The number of hydrogen-bond donors (Lipinski definition) is 1. The van der Waals surface area contributed by atoms with Crippen LogP contribution in [0.5, 0.6) is 11.5 Å². The molecule has 150 valence electrons. The van der Waals surface area contributed by atoms with Gasteiger partial charge in [0.15, 0.2) is 11.5 Å². The maximum Gasteiger partial charge on any atom is 0.161 e. The molecule has 2 aliphatic heterocycles. The van der Waals surface area contributed by atoms with Gasteiger partial charge in [0.1, 0.15) is 0 Å². The van der Waals surface area contributed by atoms with E-state index in [0.29, 0.717) is 18.6 Å². The molecule has 0 radical (unpaired) electrons. The highest BCUT2D eigenvalue weighted by atomic mass is 35.5. The molecule has 1 atom stereocenters. The Balaban J connectivity index is 0.00000169. The second-order valence-electron chi connectivity index (χ2n) is 6.52. The van der Waals surface area contributed by atoms with Crippen LogP contribution in [0.25, 0.3) is 0 Å². The van der Waals surface area contributed by atoms with Gasteiger partial charge in [0.25, 0.3) is 0 Å². The van der Waals surface area contributed by atoms with E-state index in [1.807, 2.05) is 6.92 Å². The lowest BCUT2D eigenvalue weighted by atomic mass is 9.85. The molecule has 7 heteroatoms. The number of rotatable bonds is 6. The summed E-state index contributed by atoms with van der Waals surface area (Å²) in [6.45, 7) is 8.73. The molecule has 5 nitrogen and oxygen atoms in total. The maximum atomic E-state index is 5.81. The Bertz CT molecular complexity index is 504. The van der Waals surface area contributed by atoms with Gasteiger partial charge >= 0.3 is 0 Å². The standard InChI is InChI=1S/C19H30N2O3.2ClH/c1-3-24-18-14-16(4-5-17(18)22-2)19(15-6-12-23-13-7-15)21-10-8-20-9-11-21;;/h4-5,14-15,19-20H,3,6-13H2,1-2H3;2*1H/t19-;;/m0../s1. The molecule has 0 spiro atoms. The number of piperazine rings is 1. The summed E-state index contributed by atoms with van der Waals surface area (Å²) in [7, 11) is 1.70. The van der Waals surface area contributed by atoms with Crippen LogP contribution in [0.2, 0.25) is 0 Å². The zero-order valence-corrected chi connectivity index (χ0v) is 17.4. The van der Waals surface area contributed by atoms with Crippen molar-refractivity contribution in [1.29, 1.82) is 0 Å². The first-order chi connectivity index (χ1) is 11.8. The first-order valence-electron chi connectivity index (χ1n) is 9.16. The van der Waals surface area contributed by atoms with Gasteiger partial charge in [-0.15, -0.1) is 24.8 Å². The fourth-order valence-electron chi connectivity index (χ4n) is 3.92. The van der Waals surface area contributed by atoms with E-state index in [-0.39, 0.29) is 24.8 Å². The number of hydrogen-bond acceptors (Lipinski definition) is 5. The fourth-order valence-corrected chi connectivity index (χ4v) is 3.92. The van der Waals surface area contributed by atoms with Crippen molar-refractivity contribution in [3.05, 3.63) is 23.8 Å². The van der Waals surface area contributed by atoms with Crippen molar-refractivity contribution in [3.63, 3.8) is 0 Å². The van der Waals surface area contributed by atoms with Crippen LogP contribution >= 0.6 is 24.8 Å². The summed E-state index contributed by atoms with van der Waals surface area (Å²) in [6.07, 6.45) is 2.26. The van der Waals surface area contributed by atoms with Crippen molar-refractivity contribution >= 4 is 24.8 Å². The highest BCUT2D eigenvalue weighted by Crippen LogP contribution is 2.39. The Labute approximate surface area is 169 Å². The van der Waals surface area contributed by atoms with Crippen LogP contribution in [0.15, 0.2) is 18.2 Å². The van der Waals surface area contributed by atoms with Gasteiger partial charge in [-0.25, -0.2) is 0 Å². The van der Waals surface area contributed by atoms with Crippen molar-refractivity contribution < 1.29 is 14.2 Å². The minimum absolute atomic E-state index is 0. The summed E-state index contributed by atoms with van der Waals surface area (Å²) in [5.41, 5.74) is 1.34. The van der Waals surface area contributed by atoms with Gasteiger partial charge < -0.3 is 19.5 Å². The molecule has 2 heterocycles. The molecule has 1 aromatic carbocycles. The summed E-state index contributed by atoms with van der Waals surface area (Å²) in [4.78, 5) is 2.63. The van der Waals surface area contributed by atoms with Crippen molar-refractivity contribution in [3.8, 4) is 11.5 Å². The van der Waals surface area contributed by atoms with Crippen LogP contribution in [-0.2, 0) is 4.74 Å². The first kappa shape index (κ1) is 23.3. The molecule has 1 aromatic rings. The highest BCUT2D eigenvalue weighted by Gasteiger charge is 2.31. The van der Waals surface area contributed by atoms with E-state index in [0.717, 1.165) is 63.7 Å². The Morgan fingerprint density at radius 1 is 1.15 bits per heavy atom. The van der Waals surface area contributed by atoms with Crippen LogP contribution in [-0.4, -0.2) is 58.0 Å². The van der Waals surface area contributed by atoms with E-state index in [2.05, 4.69) is 28.4 Å². The van der Waals surface area contributed by atoms with Gasteiger partial charge in [-0.05, 0) is 43.4 Å². The predicted octanol–water partition coefficient (Wildman–Crippen LogP) is 3.31. The third-order valence-electron chi connectivity index (χ3n) is 5.09.